The Kier molecular flexibility index (Phi) is 4.86. The second-order valence-corrected chi connectivity index (χ2v) is 8.03. The second-order valence-electron chi connectivity index (χ2n) is 7.16. The summed E-state index contributed by atoms with van der Waals surface area (Å²) in [4.78, 5) is 5.82. The number of thiazole rings is 1. The van der Waals surface area contributed by atoms with Crippen LogP contribution in [0.15, 0.2) is 17.8 Å². The van der Waals surface area contributed by atoms with Gasteiger partial charge in [0.15, 0.2) is 4.96 Å². The molecule has 0 saturated carbocycles. The molecule has 0 radical (unpaired) electrons. The zero-order valence-corrected chi connectivity index (χ0v) is 14.1. The van der Waals surface area contributed by atoms with E-state index in [0.717, 1.165) is 23.8 Å². The summed E-state index contributed by atoms with van der Waals surface area (Å²) >= 11 is 1.70. The summed E-state index contributed by atoms with van der Waals surface area (Å²) in [5.74, 6) is 1.38. The summed E-state index contributed by atoms with van der Waals surface area (Å²) in [6.45, 7) is 12.3. The lowest BCUT2D eigenvalue weighted by Gasteiger charge is -2.26. The maximum absolute atomic E-state index is 4.72. The Labute approximate surface area is 126 Å². The SMILES string of the molecule is CC(C)CC(CNC(C)(C)C)Cc1cn2ccsc2n1. The van der Waals surface area contributed by atoms with Crippen LogP contribution in [0.3, 0.4) is 0 Å². The van der Waals surface area contributed by atoms with Gasteiger partial charge in [0.2, 0.25) is 0 Å². The van der Waals surface area contributed by atoms with E-state index >= 15 is 0 Å². The van der Waals surface area contributed by atoms with Crippen molar-refractivity contribution >= 4 is 16.3 Å². The van der Waals surface area contributed by atoms with Crippen molar-refractivity contribution in [2.45, 2.75) is 53.0 Å². The average molecular weight is 293 g/mol. The van der Waals surface area contributed by atoms with E-state index in [-0.39, 0.29) is 5.54 Å². The summed E-state index contributed by atoms with van der Waals surface area (Å²) in [7, 11) is 0. The number of nitrogens with one attached hydrogen (secondary N) is 1. The molecule has 2 heterocycles. The molecule has 0 aliphatic rings. The molecule has 3 nitrogen and oxygen atoms in total. The molecular weight excluding hydrogens is 266 g/mol. The van der Waals surface area contributed by atoms with Crippen LogP contribution in [0.1, 0.15) is 46.7 Å². The minimum absolute atomic E-state index is 0.184. The van der Waals surface area contributed by atoms with E-state index in [1.54, 1.807) is 11.3 Å². The highest BCUT2D eigenvalue weighted by atomic mass is 32.1. The first kappa shape index (κ1) is 15.5. The first-order valence-electron chi connectivity index (χ1n) is 7.49. The van der Waals surface area contributed by atoms with Gasteiger partial charge in [-0.1, -0.05) is 13.8 Å². The smallest absolute Gasteiger partial charge is 0.193 e. The van der Waals surface area contributed by atoms with Gasteiger partial charge in [-0.05, 0) is 52.0 Å². The fourth-order valence-corrected chi connectivity index (χ4v) is 3.25. The maximum atomic E-state index is 4.72. The van der Waals surface area contributed by atoms with Gasteiger partial charge in [0, 0.05) is 23.3 Å². The van der Waals surface area contributed by atoms with Gasteiger partial charge in [0.05, 0.1) is 5.69 Å². The molecule has 1 N–H and O–H groups in total. The Hall–Kier alpha value is -0.870. The molecule has 2 aromatic rings. The normalized spacial score (nSPS) is 14.3. The minimum Gasteiger partial charge on any atom is -0.312 e. The molecule has 112 valence electrons. The minimum atomic E-state index is 0.184. The molecule has 0 bridgehead atoms. The molecule has 0 spiro atoms. The molecule has 20 heavy (non-hydrogen) atoms. The monoisotopic (exact) mass is 293 g/mol. The molecule has 0 aliphatic carbocycles. The quantitative estimate of drug-likeness (QED) is 0.872. The highest BCUT2D eigenvalue weighted by Gasteiger charge is 2.17. The Morgan fingerprint density at radius 1 is 1.35 bits per heavy atom. The van der Waals surface area contributed by atoms with Gasteiger partial charge < -0.3 is 5.32 Å². The first-order valence-corrected chi connectivity index (χ1v) is 8.37. The zero-order chi connectivity index (χ0) is 14.8. The van der Waals surface area contributed by atoms with Gasteiger partial charge in [-0.2, -0.15) is 0 Å². The maximum Gasteiger partial charge on any atom is 0.193 e. The van der Waals surface area contributed by atoms with Crippen molar-refractivity contribution in [3.05, 3.63) is 23.5 Å². The van der Waals surface area contributed by atoms with Gasteiger partial charge in [-0.3, -0.25) is 4.40 Å². The molecule has 0 amide bonds. The third-order valence-corrected chi connectivity index (χ3v) is 4.14. The van der Waals surface area contributed by atoms with Crippen molar-refractivity contribution in [3.63, 3.8) is 0 Å². The molecule has 2 aromatic heterocycles. The van der Waals surface area contributed by atoms with Crippen LogP contribution in [-0.4, -0.2) is 21.5 Å². The number of rotatable bonds is 6. The molecule has 0 saturated heterocycles. The lowest BCUT2D eigenvalue weighted by molar-refractivity contribution is 0.330. The summed E-state index contributed by atoms with van der Waals surface area (Å²) in [6.07, 6.45) is 6.57. The van der Waals surface area contributed by atoms with E-state index in [1.165, 1.54) is 12.1 Å². The second kappa shape index (κ2) is 6.27. The van der Waals surface area contributed by atoms with E-state index in [0.29, 0.717) is 5.92 Å². The number of hydrogen-bond donors (Lipinski definition) is 1. The zero-order valence-electron chi connectivity index (χ0n) is 13.3. The van der Waals surface area contributed by atoms with Crippen LogP contribution in [0.5, 0.6) is 0 Å². The van der Waals surface area contributed by atoms with Crippen molar-refractivity contribution in [1.29, 1.82) is 0 Å². The van der Waals surface area contributed by atoms with Gasteiger partial charge in [0.1, 0.15) is 0 Å². The topological polar surface area (TPSA) is 29.3 Å². The Morgan fingerprint density at radius 3 is 2.70 bits per heavy atom. The number of imidazole rings is 1. The third kappa shape index (κ3) is 4.60. The largest absolute Gasteiger partial charge is 0.312 e. The number of fused-ring (bicyclic) bond motifs is 1. The van der Waals surface area contributed by atoms with E-state index in [9.17, 15) is 0 Å². The highest BCUT2D eigenvalue weighted by Crippen LogP contribution is 2.19. The summed E-state index contributed by atoms with van der Waals surface area (Å²) in [5, 5.41) is 5.73. The van der Waals surface area contributed by atoms with Gasteiger partial charge in [0.25, 0.3) is 0 Å². The molecule has 2 rings (SSSR count). The van der Waals surface area contributed by atoms with E-state index in [1.807, 2.05) is 0 Å². The molecule has 1 atom stereocenters. The predicted molar refractivity (Wildman–Crippen MR) is 87.5 cm³/mol. The molecule has 1 unspecified atom stereocenters. The lowest BCUT2D eigenvalue weighted by Crippen LogP contribution is -2.39. The Morgan fingerprint density at radius 2 is 2.10 bits per heavy atom. The van der Waals surface area contributed by atoms with Gasteiger partial charge in [-0.25, -0.2) is 4.98 Å². The van der Waals surface area contributed by atoms with Crippen LogP contribution in [0.4, 0.5) is 0 Å². The number of nitrogens with zero attached hydrogens (tertiary/aromatic N) is 2. The molecule has 4 heteroatoms. The number of aromatic nitrogens is 2. The summed E-state index contributed by atoms with van der Waals surface area (Å²) in [6, 6.07) is 0. The standard InChI is InChI=1S/C16H27N3S/c1-12(2)8-13(10-17-16(3,4)5)9-14-11-19-6-7-20-15(19)18-14/h6-7,11-13,17H,8-10H2,1-5H3. The van der Waals surface area contributed by atoms with E-state index in [4.69, 9.17) is 4.98 Å². The van der Waals surface area contributed by atoms with Crippen LogP contribution in [0, 0.1) is 11.8 Å². The van der Waals surface area contributed by atoms with Crippen LogP contribution in [0.2, 0.25) is 0 Å². The van der Waals surface area contributed by atoms with Crippen LogP contribution < -0.4 is 5.32 Å². The molecule has 0 aromatic carbocycles. The molecular formula is C16H27N3S. The Balaban J connectivity index is 2.00. The predicted octanol–water partition coefficient (Wildman–Crippen LogP) is 3.99. The van der Waals surface area contributed by atoms with Crippen molar-refractivity contribution in [2.24, 2.45) is 11.8 Å². The van der Waals surface area contributed by atoms with Crippen molar-refractivity contribution in [3.8, 4) is 0 Å². The fourth-order valence-electron chi connectivity index (χ4n) is 2.53. The van der Waals surface area contributed by atoms with Crippen molar-refractivity contribution < 1.29 is 0 Å². The summed E-state index contributed by atoms with van der Waals surface area (Å²) in [5.41, 5.74) is 1.40. The fraction of sp³-hybridized carbons (Fsp3) is 0.688. The van der Waals surface area contributed by atoms with Crippen LogP contribution in [-0.2, 0) is 6.42 Å². The Bertz CT molecular complexity index is 505. The lowest BCUT2D eigenvalue weighted by atomic mass is 9.92. The van der Waals surface area contributed by atoms with Crippen LogP contribution in [0.25, 0.3) is 4.96 Å². The summed E-state index contributed by atoms with van der Waals surface area (Å²) < 4.78 is 2.13. The van der Waals surface area contributed by atoms with E-state index < -0.39 is 0 Å². The van der Waals surface area contributed by atoms with Crippen LogP contribution >= 0.6 is 11.3 Å². The van der Waals surface area contributed by atoms with Crippen molar-refractivity contribution in [2.75, 3.05) is 6.54 Å². The molecule has 0 aliphatic heterocycles. The number of hydrogen-bond acceptors (Lipinski definition) is 3. The molecule has 0 fully saturated rings. The highest BCUT2D eigenvalue weighted by molar-refractivity contribution is 7.15. The first-order chi connectivity index (χ1) is 9.33. The van der Waals surface area contributed by atoms with Gasteiger partial charge in [-0.15, -0.1) is 11.3 Å². The van der Waals surface area contributed by atoms with Gasteiger partial charge >= 0.3 is 0 Å². The van der Waals surface area contributed by atoms with Crippen molar-refractivity contribution in [1.82, 2.24) is 14.7 Å². The van der Waals surface area contributed by atoms with E-state index in [2.05, 4.69) is 62.1 Å². The average Bonchev–Trinajstić information content (AvgIpc) is 2.84. The third-order valence-electron chi connectivity index (χ3n) is 3.37.